The van der Waals surface area contributed by atoms with Crippen molar-refractivity contribution in [3.05, 3.63) is 84.3 Å². The number of halogens is 1. The van der Waals surface area contributed by atoms with Gasteiger partial charge in [0, 0.05) is 5.39 Å². The number of ether oxygens (including phenoxy) is 2. The smallest absolute Gasteiger partial charge is 0.246 e. The SMILES string of the molecule is COc1cccc([C@H](Oc2ccc3c(cnn3-c3ccc(F)cc3)c2)[C@H](C)NC(=O)CO)c1. The third-order valence-corrected chi connectivity index (χ3v) is 5.28. The minimum Gasteiger partial charge on any atom is -0.497 e. The molecule has 170 valence electrons. The van der Waals surface area contributed by atoms with Crippen molar-refractivity contribution >= 4 is 16.8 Å². The molecular weight excluding hydrogens is 425 g/mol. The number of fused-ring (bicyclic) bond motifs is 1. The highest BCUT2D eigenvalue weighted by atomic mass is 19.1. The zero-order valence-corrected chi connectivity index (χ0v) is 18.2. The first-order chi connectivity index (χ1) is 16.0. The Morgan fingerprint density at radius 1 is 1.12 bits per heavy atom. The standard InChI is InChI=1S/C25H24FN3O4/c1-16(28-24(31)15-30)25(17-4-3-5-21(12-17)32-2)33-22-10-11-23-18(13-22)14-27-29(23)20-8-6-19(26)7-9-20/h3-14,16,25,30H,15H2,1-2H3,(H,28,31)/t16-,25+/m0/s1. The molecular formula is C25H24FN3O4. The normalized spacial score (nSPS) is 12.8. The van der Waals surface area contributed by atoms with Crippen LogP contribution in [0.5, 0.6) is 11.5 Å². The molecule has 2 N–H and O–H groups in total. The maximum atomic E-state index is 13.3. The fraction of sp³-hybridized carbons (Fsp3) is 0.200. The number of nitrogens with zero attached hydrogens (tertiary/aromatic N) is 2. The molecule has 2 atom stereocenters. The second kappa shape index (κ2) is 9.70. The second-order valence-electron chi connectivity index (χ2n) is 7.58. The summed E-state index contributed by atoms with van der Waals surface area (Å²) in [6, 6.07) is 18.6. The van der Waals surface area contributed by atoms with Gasteiger partial charge in [-0.1, -0.05) is 12.1 Å². The lowest BCUT2D eigenvalue weighted by Crippen LogP contribution is -2.40. The van der Waals surface area contributed by atoms with Crippen LogP contribution in [0.2, 0.25) is 0 Å². The second-order valence-corrected chi connectivity index (χ2v) is 7.58. The Morgan fingerprint density at radius 2 is 1.91 bits per heavy atom. The molecule has 3 aromatic carbocycles. The van der Waals surface area contributed by atoms with Crippen molar-refractivity contribution in [1.29, 1.82) is 0 Å². The Kier molecular flexibility index (Phi) is 6.55. The summed E-state index contributed by atoms with van der Waals surface area (Å²) in [6.45, 7) is 1.20. The molecule has 0 unspecified atom stereocenters. The molecule has 33 heavy (non-hydrogen) atoms. The predicted molar refractivity (Wildman–Crippen MR) is 122 cm³/mol. The third-order valence-electron chi connectivity index (χ3n) is 5.28. The highest BCUT2D eigenvalue weighted by molar-refractivity contribution is 5.81. The van der Waals surface area contributed by atoms with Crippen LogP contribution in [0.3, 0.4) is 0 Å². The van der Waals surface area contributed by atoms with Crippen LogP contribution in [0.15, 0.2) is 72.9 Å². The topological polar surface area (TPSA) is 85.6 Å². The number of nitrogens with one attached hydrogen (secondary N) is 1. The molecule has 0 fully saturated rings. The number of hydrogen-bond donors (Lipinski definition) is 2. The summed E-state index contributed by atoms with van der Waals surface area (Å²) in [5.41, 5.74) is 2.39. The fourth-order valence-corrected chi connectivity index (χ4v) is 3.67. The summed E-state index contributed by atoms with van der Waals surface area (Å²) < 4.78 is 26.6. The molecule has 0 aliphatic rings. The van der Waals surface area contributed by atoms with Gasteiger partial charge in [0.2, 0.25) is 5.91 Å². The molecule has 7 nitrogen and oxygen atoms in total. The van der Waals surface area contributed by atoms with Gasteiger partial charge in [0.1, 0.15) is 30.0 Å². The van der Waals surface area contributed by atoms with Crippen molar-refractivity contribution in [2.24, 2.45) is 0 Å². The Balaban J connectivity index is 1.65. The molecule has 0 bridgehead atoms. The molecule has 1 aromatic heterocycles. The van der Waals surface area contributed by atoms with Gasteiger partial charge in [-0.2, -0.15) is 5.10 Å². The van der Waals surface area contributed by atoms with E-state index in [1.807, 2.05) is 49.4 Å². The van der Waals surface area contributed by atoms with Crippen LogP contribution in [-0.2, 0) is 4.79 Å². The molecule has 1 amide bonds. The molecule has 1 heterocycles. The van der Waals surface area contributed by atoms with E-state index in [1.54, 1.807) is 30.1 Å². The van der Waals surface area contributed by atoms with Gasteiger partial charge < -0.3 is 19.9 Å². The van der Waals surface area contributed by atoms with E-state index >= 15 is 0 Å². The van der Waals surface area contributed by atoms with Gasteiger partial charge in [0.25, 0.3) is 0 Å². The first-order valence-corrected chi connectivity index (χ1v) is 10.4. The van der Waals surface area contributed by atoms with E-state index in [9.17, 15) is 9.18 Å². The van der Waals surface area contributed by atoms with E-state index in [0.29, 0.717) is 11.5 Å². The average molecular weight is 449 g/mol. The van der Waals surface area contributed by atoms with Gasteiger partial charge in [0.15, 0.2) is 0 Å². The molecule has 8 heteroatoms. The lowest BCUT2D eigenvalue weighted by molar-refractivity contribution is -0.125. The lowest BCUT2D eigenvalue weighted by Gasteiger charge is -2.26. The largest absolute Gasteiger partial charge is 0.497 e. The van der Waals surface area contributed by atoms with Gasteiger partial charge in [-0.15, -0.1) is 0 Å². The summed E-state index contributed by atoms with van der Waals surface area (Å²) in [7, 11) is 1.58. The van der Waals surface area contributed by atoms with Crippen molar-refractivity contribution in [3.8, 4) is 17.2 Å². The molecule has 0 aliphatic heterocycles. The first-order valence-electron chi connectivity index (χ1n) is 10.4. The van der Waals surface area contributed by atoms with Gasteiger partial charge in [-0.25, -0.2) is 9.07 Å². The van der Waals surface area contributed by atoms with Crippen molar-refractivity contribution < 1.29 is 23.8 Å². The molecule has 0 saturated heterocycles. The minimum absolute atomic E-state index is 0.308. The molecule has 4 rings (SSSR count). The van der Waals surface area contributed by atoms with E-state index in [2.05, 4.69) is 10.4 Å². The fourth-order valence-electron chi connectivity index (χ4n) is 3.67. The third kappa shape index (κ3) is 4.96. The van der Waals surface area contributed by atoms with E-state index < -0.39 is 24.7 Å². The number of methoxy groups -OCH3 is 1. The monoisotopic (exact) mass is 449 g/mol. The van der Waals surface area contributed by atoms with Crippen LogP contribution in [0.4, 0.5) is 4.39 Å². The lowest BCUT2D eigenvalue weighted by atomic mass is 10.0. The van der Waals surface area contributed by atoms with Gasteiger partial charge in [0.05, 0.1) is 30.6 Å². The number of hydrogen-bond acceptors (Lipinski definition) is 5. The molecule has 0 radical (unpaired) electrons. The van der Waals surface area contributed by atoms with Crippen LogP contribution < -0.4 is 14.8 Å². The van der Waals surface area contributed by atoms with Crippen LogP contribution >= 0.6 is 0 Å². The number of rotatable bonds is 8. The summed E-state index contributed by atoms with van der Waals surface area (Å²) in [4.78, 5) is 11.8. The summed E-state index contributed by atoms with van der Waals surface area (Å²) in [6.07, 6.45) is 1.17. The number of carbonyl (C=O) groups is 1. The van der Waals surface area contributed by atoms with Crippen LogP contribution in [0.25, 0.3) is 16.6 Å². The van der Waals surface area contributed by atoms with Gasteiger partial charge >= 0.3 is 0 Å². The van der Waals surface area contributed by atoms with Crippen molar-refractivity contribution in [3.63, 3.8) is 0 Å². The van der Waals surface area contributed by atoms with Crippen LogP contribution in [0.1, 0.15) is 18.6 Å². The first kappa shape index (κ1) is 22.3. The molecule has 4 aromatic rings. The number of aliphatic hydroxyl groups excluding tert-OH is 1. The van der Waals surface area contributed by atoms with E-state index in [1.165, 1.54) is 12.1 Å². The van der Waals surface area contributed by atoms with E-state index in [-0.39, 0.29) is 5.82 Å². The van der Waals surface area contributed by atoms with Crippen molar-refractivity contribution in [2.45, 2.75) is 19.1 Å². The van der Waals surface area contributed by atoms with Crippen molar-refractivity contribution in [1.82, 2.24) is 15.1 Å². The Morgan fingerprint density at radius 3 is 2.64 bits per heavy atom. The summed E-state index contributed by atoms with van der Waals surface area (Å²) in [5, 5.41) is 17.1. The Bertz CT molecular complexity index is 1260. The zero-order chi connectivity index (χ0) is 23.4. The van der Waals surface area contributed by atoms with Crippen LogP contribution in [0, 0.1) is 5.82 Å². The highest BCUT2D eigenvalue weighted by Crippen LogP contribution is 2.30. The number of carbonyl (C=O) groups excluding carboxylic acids is 1. The molecule has 0 saturated carbocycles. The summed E-state index contributed by atoms with van der Waals surface area (Å²) in [5.74, 6) is 0.448. The maximum Gasteiger partial charge on any atom is 0.246 e. The van der Waals surface area contributed by atoms with E-state index in [4.69, 9.17) is 14.6 Å². The van der Waals surface area contributed by atoms with Crippen LogP contribution in [-0.4, -0.2) is 40.6 Å². The number of aliphatic hydroxyl groups is 1. The molecule has 0 aliphatic carbocycles. The molecule has 0 spiro atoms. The minimum atomic E-state index is -0.607. The van der Waals surface area contributed by atoms with Gasteiger partial charge in [-0.05, 0) is 67.1 Å². The number of amides is 1. The quantitative estimate of drug-likeness (QED) is 0.428. The average Bonchev–Trinajstić information content (AvgIpc) is 3.26. The Labute approximate surface area is 190 Å². The van der Waals surface area contributed by atoms with Gasteiger partial charge in [-0.3, -0.25) is 4.79 Å². The number of benzene rings is 3. The maximum absolute atomic E-state index is 13.3. The predicted octanol–water partition coefficient (Wildman–Crippen LogP) is 3.79. The van der Waals surface area contributed by atoms with E-state index in [0.717, 1.165) is 22.2 Å². The highest BCUT2D eigenvalue weighted by Gasteiger charge is 2.24. The van der Waals surface area contributed by atoms with Crippen molar-refractivity contribution in [2.75, 3.05) is 13.7 Å². The zero-order valence-electron chi connectivity index (χ0n) is 18.2. The summed E-state index contributed by atoms with van der Waals surface area (Å²) >= 11 is 0. The Hall–Kier alpha value is -3.91. The number of aromatic nitrogens is 2.